The Morgan fingerprint density at radius 1 is 1.03 bits per heavy atom. The fourth-order valence-electron chi connectivity index (χ4n) is 4.10. The Balaban J connectivity index is 1.37. The second kappa shape index (κ2) is 9.86. The van der Waals surface area contributed by atoms with E-state index in [4.69, 9.17) is 4.42 Å². The molecule has 10 nitrogen and oxygen atoms in total. The monoisotopic (exact) mass is 498 g/mol. The SMILES string of the molecule is COC(=O)c1ccc(CN2C(=O)NC(=Cc3cn(CC(=O)Nc4ccccc4)c4ccccc34)C2=O)o1. The van der Waals surface area contributed by atoms with E-state index in [1.165, 1.54) is 19.2 Å². The summed E-state index contributed by atoms with van der Waals surface area (Å²) in [6.45, 7) is -0.0908. The quantitative estimate of drug-likeness (QED) is 0.227. The van der Waals surface area contributed by atoms with Crippen LogP contribution in [-0.4, -0.2) is 40.4 Å². The number of methoxy groups -OCH3 is 1. The van der Waals surface area contributed by atoms with Crippen LogP contribution in [0.25, 0.3) is 17.0 Å². The number of fused-ring (bicyclic) bond motifs is 1. The smallest absolute Gasteiger partial charge is 0.373 e. The largest absolute Gasteiger partial charge is 0.463 e. The lowest BCUT2D eigenvalue weighted by Gasteiger charge is -2.09. The number of para-hydroxylation sites is 2. The summed E-state index contributed by atoms with van der Waals surface area (Å²) in [5.74, 6) is -1.17. The van der Waals surface area contributed by atoms with Crippen molar-refractivity contribution >= 4 is 46.5 Å². The molecule has 2 aromatic carbocycles. The Labute approximate surface area is 211 Å². The summed E-state index contributed by atoms with van der Waals surface area (Å²) in [6, 6.07) is 18.9. The van der Waals surface area contributed by atoms with Gasteiger partial charge < -0.3 is 24.4 Å². The zero-order valence-corrected chi connectivity index (χ0v) is 19.8. The maximum Gasteiger partial charge on any atom is 0.373 e. The number of carbonyl (C=O) groups is 4. The minimum absolute atomic E-state index is 0.0237. The van der Waals surface area contributed by atoms with Gasteiger partial charge in [-0.3, -0.25) is 14.5 Å². The van der Waals surface area contributed by atoms with E-state index in [9.17, 15) is 19.2 Å². The minimum Gasteiger partial charge on any atom is -0.463 e. The fraction of sp³-hybridized carbons (Fsp3) is 0.111. The van der Waals surface area contributed by atoms with Crippen LogP contribution in [0.2, 0.25) is 0 Å². The molecule has 1 fully saturated rings. The van der Waals surface area contributed by atoms with Gasteiger partial charge in [-0.1, -0.05) is 36.4 Å². The van der Waals surface area contributed by atoms with Gasteiger partial charge in [-0.05, 0) is 36.4 Å². The molecule has 0 bridgehead atoms. The molecule has 4 amide bonds. The number of amides is 4. The second-order valence-electron chi connectivity index (χ2n) is 8.28. The molecule has 0 radical (unpaired) electrons. The normalized spacial score (nSPS) is 14.3. The molecule has 0 unspecified atom stereocenters. The average molecular weight is 498 g/mol. The van der Waals surface area contributed by atoms with Crippen molar-refractivity contribution in [2.75, 3.05) is 12.4 Å². The number of hydrogen-bond donors (Lipinski definition) is 2. The Morgan fingerprint density at radius 3 is 2.57 bits per heavy atom. The van der Waals surface area contributed by atoms with Crippen LogP contribution in [0.5, 0.6) is 0 Å². The molecule has 37 heavy (non-hydrogen) atoms. The van der Waals surface area contributed by atoms with Gasteiger partial charge in [-0.15, -0.1) is 0 Å². The first-order valence-corrected chi connectivity index (χ1v) is 11.4. The van der Waals surface area contributed by atoms with E-state index in [2.05, 4.69) is 15.4 Å². The summed E-state index contributed by atoms with van der Waals surface area (Å²) in [7, 11) is 1.23. The Kier molecular flexibility index (Phi) is 6.29. The van der Waals surface area contributed by atoms with Gasteiger partial charge >= 0.3 is 12.0 Å². The van der Waals surface area contributed by atoms with Crippen molar-refractivity contribution < 1.29 is 28.3 Å². The minimum atomic E-state index is -0.655. The molecule has 3 heterocycles. The Bertz CT molecular complexity index is 1550. The number of carbonyl (C=O) groups excluding carboxylic acids is 4. The van der Waals surface area contributed by atoms with Crippen LogP contribution in [0.4, 0.5) is 10.5 Å². The number of furan rings is 1. The molecule has 2 aromatic heterocycles. The van der Waals surface area contributed by atoms with Crippen molar-refractivity contribution in [3.05, 3.63) is 95.7 Å². The van der Waals surface area contributed by atoms with E-state index >= 15 is 0 Å². The molecule has 5 rings (SSSR count). The third kappa shape index (κ3) is 4.85. The molecule has 1 aliphatic rings. The average Bonchev–Trinajstić information content (AvgIpc) is 3.58. The number of benzene rings is 2. The van der Waals surface area contributed by atoms with Crippen molar-refractivity contribution in [2.45, 2.75) is 13.1 Å². The molecule has 186 valence electrons. The maximum atomic E-state index is 13.0. The van der Waals surface area contributed by atoms with Crippen molar-refractivity contribution in [2.24, 2.45) is 0 Å². The lowest BCUT2D eigenvalue weighted by atomic mass is 10.1. The number of hydrogen-bond acceptors (Lipinski definition) is 6. The van der Waals surface area contributed by atoms with Crippen LogP contribution in [0.1, 0.15) is 21.9 Å². The number of ether oxygens (including phenoxy) is 1. The molecular weight excluding hydrogens is 476 g/mol. The predicted molar refractivity (Wildman–Crippen MR) is 134 cm³/mol. The molecule has 2 N–H and O–H groups in total. The van der Waals surface area contributed by atoms with E-state index in [0.29, 0.717) is 11.3 Å². The summed E-state index contributed by atoms with van der Waals surface area (Å²) in [4.78, 5) is 50.8. The predicted octanol–water partition coefficient (Wildman–Crippen LogP) is 3.75. The molecule has 0 saturated carbocycles. The van der Waals surface area contributed by atoms with Crippen LogP contribution < -0.4 is 10.6 Å². The van der Waals surface area contributed by atoms with Crippen LogP contribution in [-0.2, 0) is 27.4 Å². The molecule has 1 saturated heterocycles. The summed E-state index contributed by atoms with van der Waals surface area (Å²) in [5, 5.41) is 6.26. The number of nitrogens with zero attached hydrogens (tertiary/aromatic N) is 2. The van der Waals surface area contributed by atoms with Crippen molar-refractivity contribution in [3.63, 3.8) is 0 Å². The first kappa shape index (κ1) is 23.6. The highest BCUT2D eigenvalue weighted by atomic mass is 16.5. The second-order valence-corrected chi connectivity index (χ2v) is 8.28. The van der Waals surface area contributed by atoms with Gasteiger partial charge in [0.1, 0.15) is 18.0 Å². The van der Waals surface area contributed by atoms with E-state index in [-0.39, 0.29) is 36.2 Å². The van der Waals surface area contributed by atoms with E-state index in [1.54, 1.807) is 29.0 Å². The number of rotatable bonds is 7. The fourth-order valence-corrected chi connectivity index (χ4v) is 4.10. The first-order chi connectivity index (χ1) is 17.9. The number of imide groups is 1. The van der Waals surface area contributed by atoms with Crippen molar-refractivity contribution in [3.8, 4) is 0 Å². The molecule has 0 spiro atoms. The number of anilines is 1. The van der Waals surface area contributed by atoms with Crippen LogP contribution in [0.15, 0.2) is 83.0 Å². The summed E-state index contributed by atoms with van der Waals surface area (Å²) in [6.07, 6.45) is 3.34. The van der Waals surface area contributed by atoms with Crippen molar-refractivity contribution in [1.82, 2.24) is 14.8 Å². The van der Waals surface area contributed by atoms with Gasteiger partial charge in [-0.2, -0.15) is 0 Å². The zero-order valence-electron chi connectivity index (χ0n) is 19.8. The van der Waals surface area contributed by atoms with Gasteiger partial charge in [0.15, 0.2) is 0 Å². The van der Waals surface area contributed by atoms with Gasteiger partial charge in [0, 0.05) is 28.4 Å². The molecule has 0 atom stereocenters. The van der Waals surface area contributed by atoms with Gasteiger partial charge in [0.05, 0.1) is 13.7 Å². The Hall–Kier alpha value is -5.12. The summed E-state index contributed by atoms with van der Waals surface area (Å²) < 4.78 is 11.8. The first-order valence-electron chi connectivity index (χ1n) is 11.4. The van der Waals surface area contributed by atoms with Crippen molar-refractivity contribution in [1.29, 1.82) is 0 Å². The lowest BCUT2D eigenvalue weighted by molar-refractivity contribution is -0.123. The topological polar surface area (TPSA) is 123 Å². The molecule has 0 aliphatic carbocycles. The number of urea groups is 1. The van der Waals surface area contributed by atoms with Gasteiger partial charge in [0.2, 0.25) is 11.7 Å². The summed E-state index contributed by atoms with van der Waals surface area (Å²) >= 11 is 0. The number of nitrogens with one attached hydrogen (secondary N) is 2. The summed E-state index contributed by atoms with van der Waals surface area (Å²) in [5.41, 5.74) is 2.25. The van der Waals surface area contributed by atoms with Crippen LogP contribution in [0, 0.1) is 0 Å². The molecular formula is C27H22N4O6. The molecule has 1 aliphatic heterocycles. The van der Waals surface area contributed by atoms with E-state index < -0.39 is 17.9 Å². The van der Waals surface area contributed by atoms with Gasteiger partial charge in [-0.25, -0.2) is 9.59 Å². The molecule has 10 heteroatoms. The molecule has 4 aromatic rings. The lowest BCUT2D eigenvalue weighted by Crippen LogP contribution is -2.30. The van der Waals surface area contributed by atoms with Crippen LogP contribution >= 0.6 is 0 Å². The van der Waals surface area contributed by atoms with Gasteiger partial charge in [0.25, 0.3) is 5.91 Å². The highest BCUT2D eigenvalue weighted by Gasteiger charge is 2.34. The van der Waals surface area contributed by atoms with E-state index in [1.807, 2.05) is 42.5 Å². The highest BCUT2D eigenvalue weighted by molar-refractivity contribution is 6.14. The van der Waals surface area contributed by atoms with Crippen LogP contribution in [0.3, 0.4) is 0 Å². The maximum absolute atomic E-state index is 13.0. The highest BCUT2D eigenvalue weighted by Crippen LogP contribution is 2.25. The Morgan fingerprint density at radius 2 is 1.78 bits per heavy atom. The third-order valence-corrected chi connectivity index (χ3v) is 5.82. The van der Waals surface area contributed by atoms with E-state index in [0.717, 1.165) is 15.8 Å². The third-order valence-electron chi connectivity index (χ3n) is 5.82. The standard InChI is InChI=1S/C27H22N4O6/c1-36-26(34)23-12-11-19(37-23)15-31-25(33)21(29-27(31)35)13-17-14-30(22-10-6-5-9-20(17)22)16-24(32)28-18-7-3-2-4-8-18/h2-14H,15-16H2,1H3,(H,28,32)(H,29,35). The zero-order chi connectivity index (χ0) is 25.9. The number of esters is 1. The number of aromatic nitrogens is 1.